The van der Waals surface area contributed by atoms with Gasteiger partial charge in [-0.3, -0.25) is 9.67 Å². The van der Waals surface area contributed by atoms with Gasteiger partial charge in [0.15, 0.2) is 5.96 Å². The van der Waals surface area contributed by atoms with Crippen molar-refractivity contribution in [2.75, 3.05) is 32.8 Å². The van der Waals surface area contributed by atoms with Gasteiger partial charge in [-0.1, -0.05) is 12.8 Å². The molecule has 7 nitrogen and oxygen atoms in total. The average Bonchev–Trinajstić information content (AvgIpc) is 3.45. The molecule has 29 heavy (non-hydrogen) atoms. The zero-order valence-electron chi connectivity index (χ0n) is 17.5. The summed E-state index contributed by atoms with van der Waals surface area (Å²) in [5.74, 6) is 1.71. The minimum Gasteiger partial charge on any atom is -0.377 e. The van der Waals surface area contributed by atoms with Crippen molar-refractivity contribution >= 4 is 29.9 Å². The molecule has 1 spiro atoms. The van der Waals surface area contributed by atoms with Crippen molar-refractivity contribution in [2.45, 2.75) is 57.3 Å². The van der Waals surface area contributed by atoms with Gasteiger partial charge >= 0.3 is 0 Å². The van der Waals surface area contributed by atoms with Crippen molar-refractivity contribution in [3.8, 4) is 0 Å². The van der Waals surface area contributed by atoms with E-state index in [-0.39, 0.29) is 30.1 Å². The van der Waals surface area contributed by atoms with Gasteiger partial charge in [-0.2, -0.15) is 5.10 Å². The molecule has 4 unspecified atom stereocenters. The van der Waals surface area contributed by atoms with E-state index in [2.05, 4.69) is 28.4 Å². The summed E-state index contributed by atoms with van der Waals surface area (Å²) in [5.41, 5.74) is 1.48. The summed E-state index contributed by atoms with van der Waals surface area (Å²) in [6.45, 7) is 6.26. The molecule has 4 aliphatic rings. The number of halogens is 1. The summed E-state index contributed by atoms with van der Waals surface area (Å²) in [6, 6.07) is 0.507. The van der Waals surface area contributed by atoms with Gasteiger partial charge < -0.3 is 19.7 Å². The lowest BCUT2D eigenvalue weighted by Gasteiger charge is -2.57. The summed E-state index contributed by atoms with van der Waals surface area (Å²) in [5, 5.41) is 8.24. The first-order chi connectivity index (χ1) is 13.7. The molecule has 5 rings (SSSR count). The fourth-order valence-corrected chi connectivity index (χ4v) is 6.08. The van der Waals surface area contributed by atoms with Crippen LogP contribution in [0.25, 0.3) is 0 Å². The van der Waals surface area contributed by atoms with E-state index >= 15 is 0 Å². The number of nitrogens with one attached hydrogen (secondary N) is 1. The van der Waals surface area contributed by atoms with Crippen LogP contribution in [0.15, 0.2) is 17.4 Å². The van der Waals surface area contributed by atoms with Crippen LogP contribution in [0.3, 0.4) is 0 Å². The predicted octanol–water partition coefficient (Wildman–Crippen LogP) is 2.72. The third kappa shape index (κ3) is 3.69. The number of rotatable bonds is 3. The molecule has 0 radical (unpaired) electrons. The third-order valence-electron chi connectivity index (χ3n) is 7.34. The quantitative estimate of drug-likeness (QED) is 0.381. The number of aryl methyl sites for hydroxylation is 1. The Kier molecular flexibility index (Phi) is 6.41. The van der Waals surface area contributed by atoms with Crippen LogP contribution in [0, 0.1) is 11.3 Å². The van der Waals surface area contributed by atoms with Crippen molar-refractivity contribution in [3.63, 3.8) is 0 Å². The van der Waals surface area contributed by atoms with Gasteiger partial charge in [0.25, 0.3) is 0 Å². The Balaban J connectivity index is 0.00000205. The largest absolute Gasteiger partial charge is 0.377 e. The zero-order valence-corrected chi connectivity index (χ0v) is 19.9. The number of nitrogens with zero attached hydrogens (tertiary/aromatic N) is 4. The maximum atomic E-state index is 6.16. The second-order valence-corrected chi connectivity index (χ2v) is 8.86. The molecule has 1 aromatic heterocycles. The van der Waals surface area contributed by atoms with Crippen molar-refractivity contribution in [2.24, 2.45) is 23.4 Å². The molecule has 0 amide bonds. The van der Waals surface area contributed by atoms with Crippen LogP contribution in [0.1, 0.15) is 50.7 Å². The molecule has 2 saturated carbocycles. The highest BCUT2D eigenvalue weighted by Crippen LogP contribution is 2.60. The van der Waals surface area contributed by atoms with E-state index in [9.17, 15) is 0 Å². The fourth-order valence-electron chi connectivity index (χ4n) is 6.08. The summed E-state index contributed by atoms with van der Waals surface area (Å²) >= 11 is 0. The number of guanidine groups is 1. The van der Waals surface area contributed by atoms with E-state index in [4.69, 9.17) is 14.5 Å². The number of aromatic nitrogens is 2. The first-order valence-electron chi connectivity index (χ1n) is 11.0. The number of morpholine rings is 1. The molecular formula is C21H34IN5O2. The van der Waals surface area contributed by atoms with Gasteiger partial charge in [-0.05, 0) is 26.2 Å². The van der Waals surface area contributed by atoms with Gasteiger partial charge in [-0.15, -0.1) is 24.0 Å². The normalized spacial score (nSPS) is 33.3. The van der Waals surface area contributed by atoms with Crippen LogP contribution >= 0.6 is 24.0 Å². The van der Waals surface area contributed by atoms with Gasteiger partial charge in [0.1, 0.15) is 6.10 Å². The smallest absolute Gasteiger partial charge is 0.194 e. The van der Waals surface area contributed by atoms with E-state index in [0.717, 1.165) is 44.4 Å². The Morgan fingerprint density at radius 2 is 2.14 bits per heavy atom. The van der Waals surface area contributed by atoms with Crippen LogP contribution in [0.2, 0.25) is 0 Å². The molecule has 1 N–H and O–H groups in total. The molecule has 162 valence electrons. The van der Waals surface area contributed by atoms with Crippen molar-refractivity contribution < 1.29 is 9.47 Å². The van der Waals surface area contributed by atoms with Crippen molar-refractivity contribution in [1.29, 1.82) is 0 Å². The molecule has 1 aromatic rings. The highest BCUT2D eigenvalue weighted by Gasteiger charge is 2.65. The summed E-state index contributed by atoms with van der Waals surface area (Å²) < 4.78 is 14.1. The fraction of sp³-hybridized carbons (Fsp3) is 0.810. The maximum Gasteiger partial charge on any atom is 0.194 e. The Morgan fingerprint density at radius 3 is 2.86 bits per heavy atom. The zero-order chi connectivity index (χ0) is 19.1. The second-order valence-electron chi connectivity index (χ2n) is 8.86. The molecule has 4 fully saturated rings. The summed E-state index contributed by atoms with van der Waals surface area (Å²) in [4.78, 5) is 7.27. The highest BCUT2D eigenvalue weighted by atomic mass is 127. The molecule has 2 saturated heterocycles. The van der Waals surface area contributed by atoms with Gasteiger partial charge in [-0.25, -0.2) is 0 Å². The summed E-state index contributed by atoms with van der Waals surface area (Å²) in [7, 11) is 1.95. The van der Waals surface area contributed by atoms with Gasteiger partial charge in [0, 0.05) is 55.9 Å². The lowest BCUT2D eigenvalue weighted by Crippen LogP contribution is -2.69. The molecule has 2 aliphatic heterocycles. The number of aliphatic imine (C=N–C) groups is 1. The lowest BCUT2D eigenvalue weighted by atomic mass is 9.54. The monoisotopic (exact) mass is 515 g/mol. The van der Waals surface area contributed by atoms with E-state index in [1.54, 1.807) is 0 Å². The second kappa shape index (κ2) is 8.70. The molecule has 0 aromatic carbocycles. The minimum atomic E-state index is 0. The highest BCUT2D eigenvalue weighted by molar-refractivity contribution is 14.0. The lowest BCUT2D eigenvalue weighted by molar-refractivity contribution is -0.125. The molecule has 0 bridgehead atoms. The number of fused-ring (bicyclic) bond motifs is 2. The minimum absolute atomic E-state index is 0. The van der Waals surface area contributed by atoms with Gasteiger partial charge in [0.2, 0.25) is 0 Å². The number of ether oxygens (including phenoxy) is 2. The first-order valence-corrected chi connectivity index (χ1v) is 11.0. The standard InChI is InChI=1S/C21H33N5O2.HI/c1-3-22-20(26-9-11-27-17(14-26)15-12-23-25(2)13-15)24-18-16-6-10-28-19(16)21(18)7-4-5-8-21;/h12-13,16-19H,3-11,14H2,1-2H3,(H,22,24);1H. The van der Waals surface area contributed by atoms with Crippen LogP contribution in [0.5, 0.6) is 0 Å². The predicted molar refractivity (Wildman–Crippen MR) is 123 cm³/mol. The molecule has 3 heterocycles. The molecular weight excluding hydrogens is 481 g/mol. The Morgan fingerprint density at radius 1 is 1.31 bits per heavy atom. The topological polar surface area (TPSA) is 63.9 Å². The Bertz CT molecular complexity index is 732. The van der Waals surface area contributed by atoms with E-state index in [1.165, 1.54) is 32.1 Å². The van der Waals surface area contributed by atoms with Crippen LogP contribution < -0.4 is 5.32 Å². The summed E-state index contributed by atoms with van der Waals surface area (Å²) in [6.07, 6.45) is 11.0. The Labute approximate surface area is 190 Å². The van der Waals surface area contributed by atoms with Crippen LogP contribution in [-0.4, -0.2) is 65.6 Å². The van der Waals surface area contributed by atoms with Crippen LogP contribution in [-0.2, 0) is 16.5 Å². The van der Waals surface area contributed by atoms with E-state index < -0.39 is 0 Å². The van der Waals surface area contributed by atoms with E-state index in [0.29, 0.717) is 23.5 Å². The molecule has 2 aliphatic carbocycles. The van der Waals surface area contributed by atoms with E-state index in [1.807, 2.05) is 17.9 Å². The van der Waals surface area contributed by atoms with Crippen molar-refractivity contribution in [3.05, 3.63) is 18.0 Å². The van der Waals surface area contributed by atoms with Crippen molar-refractivity contribution in [1.82, 2.24) is 20.0 Å². The number of hydrogen-bond donors (Lipinski definition) is 1. The SMILES string of the molecule is CCN=C(NC1C2CCOC2C12CCCC2)N1CCOC(c2cnn(C)c2)C1.I. The third-order valence-corrected chi connectivity index (χ3v) is 7.34. The number of hydrogen-bond acceptors (Lipinski definition) is 4. The maximum absolute atomic E-state index is 6.16. The molecule has 4 atom stereocenters. The molecule has 8 heteroatoms. The Hall–Kier alpha value is -0.870. The van der Waals surface area contributed by atoms with Gasteiger partial charge in [0.05, 0.1) is 25.5 Å². The average molecular weight is 515 g/mol. The van der Waals surface area contributed by atoms with Crippen LogP contribution in [0.4, 0.5) is 0 Å². The first kappa shape index (κ1) is 21.4.